The summed E-state index contributed by atoms with van der Waals surface area (Å²) in [6, 6.07) is 4.04. The van der Waals surface area contributed by atoms with Gasteiger partial charge in [0.2, 0.25) is 5.91 Å². The van der Waals surface area contributed by atoms with Crippen molar-refractivity contribution in [1.29, 1.82) is 0 Å². The van der Waals surface area contributed by atoms with Crippen LogP contribution in [0.4, 0.5) is 0 Å². The average molecular weight is 335 g/mol. The molecule has 3 aromatic heterocycles. The third-order valence-corrected chi connectivity index (χ3v) is 5.02. The van der Waals surface area contributed by atoms with E-state index in [9.17, 15) is 4.79 Å². The second kappa shape index (κ2) is 5.70. The first-order valence-corrected chi connectivity index (χ1v) is 7.93. The van der Waals surface area contributed by atoms with Gasteiger partial charge in [0.25, 0.3) is 0 Å². The van der Waals surface area contributed by atoms with E-state index in [2.05, 4.69) is 10.1 Å². The Labute approximate surface area is 137 Å². The molecule has 0 saturated carbocycles. The van der Waals surface area contributed by atoms with Crippen molar-refractivity contribution in [3.63, 3.8) is 0 Å². The van der Waals surface area contributed by atoms with Crippen LogP contribution < -0.4 is 0 Å². The van der Waals surface area contributed by atoms with Crippen molar-refractivity contribution in [3.05, 3.63) is 34.4 Å². The molecular weight excluding hydrogens is 320 g/mol. The molecule has 0 aliphatic carbocycles. The maximum absolute atomic E-state index is 11.9. The van der Waals surface area contributed by atoms with Crippen LogP contribution in [0, 0.1) is 6.92 Å². The highest BCUT2D eigenvalue weighted by atomic mass is 35.5. The summed E-state index contributed by atoms with van der Waals surface area (Å²) in [6.45, 7) is 2.18. The van der Waals surface area contributed by atoms with Crippen LogP contribution in [0.25, 0.3) is 21.5 Å². The van der Waals surface area contributed by atoms with Crippen LogP contribution in [0.1, 0.15) is 5.56 Å². The third-order valence-electron chi connectivity index (χ3n) is 3.42. The van der Waals surface area contributed by atoms with E-state index in [1.807, 2.05) is 25.3 Å². The number of halogens is 1. The molecule has 0 atom stereocenters. The van der Waals surface area contributed by atoms with Gasteiger partial charge in [0.05, 0.1) is 16.0 Å². The first-order valence-electron chi connectivity index (χ1n) is 6.73. The molecule has 114 valence electrons. The van der Waals surface area contributed by atoms with Gasteiger partial charge in [-0.25, -0.2) is 0 Å². The number of hydrogen-bond donors (Lipinski definition) is 0. The molecule has 0 aliphatic rings. The Morgan fingerprint density at radius 1 is 1.36 bits per heavy atom. The quantitative estimate of drug-likeness (QED) is 0.739. The standard InChI is InChI=1S/C15H15ClN4OS/c1-9-4-13(22-15(9)16)10-5-12-11(17-6-10)7-18-20(12)8-14(21)19(2)3/h4-7H,8H2,1-3H3. The zero-order valence-corrected chi connectivity index (χ0v) is 14.1. The summed E-state index contributed by atoms with van der Waals surface area (Å²) in [5.41, 5.74) is 3.65. The number of nitrogens with zero attached hydrogens (tertiary/aromatic N) is 4. The Bertz CT molecular complexity index is 833. The minimum atomic E-state index is -0.00887. The molecule has 0 fully saturated rings. The predicted octanol–water partition coefficient (Wildman–Crippen LogP) is 3.21. The van der Waals surface area contributed by atoms with Gasteiger partial charge in [-0.2, -0.15) is 5.10 Å². The Balaban J connectivity index is 2.03. The fourth-order valence-corrected chi connectivity index (χ4v) is 3.27. The van der Waals surface area contributed by atoms with Gasteiger partial charge in [0, 0.05) is 30.7 Å². The van der Waals surface area contributed by atoms with Gasteiger partial charge in [-0.3, -0.25) is 14.5 Å². The second-order valence-corrected chi connectivity index (χ2v) is 6.94. The smallest absolute Gasteiger partial charge is 0.243 e. The molecule has 22 heavy (non-hydrogen) atoms. The van der Waals surface area contributed by atoms with Gasteiger partial charge in [0.1, 0.15) is 12.1 Å². The molecule has 3 heterocycles. The number of carbonyl (C=O) groups excluding carboxylic acids is 1. The summed E-state index contributed by atoms with van der Waals surface area (Å²) in [4.78, 5) is 18.9. The van der Waals surface area contributed by atoms with Crippen LogP contribution in [-0.2, 0) is 11.3 Å². The maximum atomic E-state index is 11.9. The molecule has 0 aliphatic heterocycles. The normalized spacial score (nSPS) is 11.1. The molecule has 0 unspecified atom stereocenters. The van der Waals surface area contributed by atoms with E-state index in [0.29, 0.717) is 0 Å². The van der Waals surface area contributed by atoms with E-state index < -0.39 is 0 Å². The number of thiophene rings is 1. The Morgan fingerprint density at radius 2 is 2.14 bits per heavy atom. The van der Waals surface area contributed by atoms with Gasteiger partial charge in [-0.15, -0.1) is 11.3 Å². The number of likely N-dealkylation sites (N-methyl/N-ethyl adjacent to an activating group) is 1. The number of hydrogen-bond acceptors (Lipinski definition) is 4. The largest absolute Gasteiger partial charge is 0.347 e. The van der Waals surface area contributed by atoms with Crippen LogP contribution in [-0.4, -0.2) is 39.7 Å². The highest BCUT2D eigenvalue weighted by Gasteiger charge is 2.12. The first kappa shape index (κ1) is 15.0. The Hall–Kier alpha value is -1.92. The van der Waals surface area contributed by atoms with Crippen LogP contribution in [0.2, 0.25) is 4.34 Å². The summed E-state index contributed by atoms with van der Waals surface area (Å²) >= 11 is 7.67. The lowest BCUT2D eigenvalue weighted by Crippen LogP contribution is -2.26. The minimum absolute atomic E-state index is 0.00887. The molecule has 0 radical (unpaired) electrons. The monoisotopic (exact) mass is 334 g/mol. The van der Waals surface area contributed by atoms with Gasteiger partial charge in [-0.05, 0) is 24.6 Å². The van der Waals surface area contributed by atoms with Gasteiger partial charge in [-0.1, -0.05) is 11.6 Å². The van der Waals surface area contributed by atoms with Crippen LogP contribution in [0.5, 0.6) is 0 Å². The predicted molar refractivity (Wildman–Crippen MR) is 89.3 cm³/mol. The van der Waals surface area contributed by atoms with Gasteiger partial charge < -0.3 is 4.90 Å². The summed E-state index contributed by atoms with van der Waals surface area (Å²) in [5.74, 6) is -0.00887. The number of carbonyl (C=O) groups is 1. The third kappa shape index (κ3) is 2.71. The fraction of sp³-hybridized carbons (Fsp3) is 0.267. The van der Waals surface area contributed by atoms with E-state index >= 15 is 0 Å². The van der Waals surface area contributed by atoms with Crippen molar-refractivity contribution in [2.24, 2.45) is 0 Å². The highest BCUT2D eigenvalue weighted by molar-refractivity contribution is 7.19. The average Bonchev–Trinajstić information content (AvgIpc) is 3.03. The number of amides is 1. The highest BCUT2D eigenvalue weighted by Crippen LogP contribution is 2.35. The molecule has 0 saturated heterocycles. The summed E-state index contributed by atoms with van der Waals surface area (Å²) < 4.78 is 2.46. The van der Waals surface area contributed by atoms with E-state index in [1.165, 1.54) is 11.3 Å². The molecule has 3 aromatic rings. The van der Waals surface area contributed by atoms with Crippen LogP contribution in [0.3, 0.4) is 0 Å². The summed E-state index contributed by atoms with van der Waals surface area (Å²) in [7, 11) is 3.46. The molecule has 5 nitrogen and oxygen atoms in total. The molecular formula is C15H15ClN4OS. The van der Waals surface area contributed by atoms with Gasteiger partial charge >= 0.3 is 0 Å². The van der Waals surface area contributed by atoms with E-state index in [1.54, 1.807) is 29.9 Å². The zero-order valence-electron chi connectivity index (χ0n) is 12.5. The molecule has 1 amide bonds. The van der Waals surface area contributed by atoms with E-state index in [0.717, 1.165) is 31.4 Å². The van der Waals surface area contributed by atoms with Crippen molar-refractivity contribution < 1.29 is 4.79 Å². The minimum Gasteiger partial charge on any atom is -0.347 e. The van der Waals surface area contributed by atoms with Crippen LogP contribution >= 0.6 is 22.9 Å². The zero-order chi connectivity index (χ0) is 15.9. The van der Waals surface area contributed by atoms with E-state index in [-0.39, 0.29) is 12.5 Å². The molecule has 0 bridgehead atoms. The Kier molecular flexibility index (Phi) is 3.88. The number of rotatable bonds is 3. The summed E-state index contributed by atoms with van der Waals surface area (Å²) in [5, 5.41) is 4.26. The van der Waals surface area contributed by atoms with Crippen molar-refractivity contribution in [2.75, 3.05) is 14.1 Å². The lowest BCUT2D eigenvalue weighted by atomic mass is 10.2. The number of pyridine rings is 1. The molecule has 0 N–H and O–H groups in total. The molecule has 7 heteroatoms. The number of aromatic nitrogens is 3. The van der Waals surface area contributed by atoms with Crippen molar-refractivity contribution >= 4 is 39.9 Å². The maximum Gasteiger partial charge on any atom is 0.243 e. The van der Waals surface area contributed by atoms with Gasteiger partial charge in [0.15, 0.2) is 0 Å². The van der Waals surface area contributed by atoms with Crippen LogP contribution in [0.15, 0.2) is 24.5 Å². The van der Waals surface area contributed by atoms with Crippen molar-refractivity contribution in [3.8, 4) is 10.4 Å². The Morgan fingerprint density at radius 3 is 2.77 bits per heavy atom. The molecule has 0 spiro atoms. The topological polar surface area (TPSA) is 51.0 Å². The second-order valence-electron chi connectivity index (χ2n) is 5.29. The van der Waals surface area contributed by atoms with E-state index in [4.69, 9.17) is 11.6 Å². The first-order chi connectivity index (χ1) is 10.5. The van der Waals surface area contributed by atoms with Crippen molar-refractivity contribution in [1.82, 2.24) is 19.7 Å². The fourth-order valence-electron chi connectivity index (χ4n) is 2.09. The summed E-state index contributed by atoms with van der Waals surface area (Å²) in [6.07, 6.45) is 3.48. The number of aryl methyl sites for hydroxylation is 1. The molecule has 0 aromatic carbocycles. The number of fused-ring (bicyclic) bond motifs is 1. The lowest BCUT2D eigenvalue weighted by molar-refractivity contribution is -0.129. The van der Waals surface area contributed by atoms with Crippen molar-refractivity contribution in [2.45, 2.75) is 13.5 Å². The molecule has 3 rings (SSSR count). The lowest BCUT2D eigenvalue weighted by Gasteiger charge is -2.10. The SMILES string of the molecule is Cc1cc(-c2cnc3cnn(CC(=O)N(C)C)c3c2)sc1Cl.